The van der Waals surface area contributed by atoms with Crippen LogP contribution in [-0.2, 0) is 10.3 Å². The molecule has 1 aromatic heterocycles. The van der Waals surface area contributed by atoms with Gasteiger partial charge >= 0.3 is 6.09 Å². The lowest BCUT2D eigenvalue weighted by molar-refractivity contribution is -0.136. The van der Waals surface area contributed by atoms with Gasteiger partial charge in [-0.2, -0.15) is 0 Å². The van der Waals surface area contributed by atoms with Gasteiger partial charge in [0.2, 0.25) is 0 Å². The molecule has 3 saturated carbocycles. The van der Waals surface area contributed by atoms with E-state index in [2.05, 4.69) is 22.3 Å². The first-order valence-corrected chi connectivity index (χ1v) is 6.47. The van der Waals surface area contributed by atoms with Gasteiger partial charge in [-0.1, -0.05) is 0 Å². The van der Waals surface area contributed by atoms with Crippen molar-refractivity contribution in [1.29, 1.82) is 0 Å². The van der Waals surface area contributed by atoms with E-state index in [-0.39, 0.29) is 17.2 Å². The maximum Gasteiger partial charge on any atom is 0.408 e. The Bertz CT molecular complexity index is 451. The Kier molecular flexibility index (Phi) is 2.14. The highest BCUT2D eigenvalue weighted by molar-refractivity contribution is 5.70. The molecular formula is C14H20N2O2. The Morgan fingerprint density at radius 2 is 1.78 bits per heavy atom. The SMILES string of the molecule is CC(C)(C)OC(=O)NC12CC(n3cccc3)(C1)C2. The maximum absolute atomic E-state index is 11.7. The molecule has 1 heterocycles. The van der Waals surface area contributed by atoms with Crippen molar-refractivity contribution >= 4 is 6.09 Å². The number of ether oxygens (including phenoxy) is 1. The summed E-state index contributed by atoms with van der Waals surface area (Å²) in [5.41, 5.74) is -0.170. The van der Waals surface area contributed by atoms with Crippen LogP contribution >= 0.6 is 0 Å². The van der Waals surface area contributed by atoms with E-state index in [0.717, 1.165) is 19.3 Å². The fraction of sp³-hybridized carbons (Fsp3) is 0.643. The molecule has 98 valence electrons. The summed E-state index contributed by atoms with van der Waals surface area (Å²) >= 11 is 0. The van der Waals surface area contributed by atoms with Gasteiger partial charge in [0.05, 0.1) is 11.1 Å². The minimum atomic E-state index is -0.425. The molecule has 0 saturated heterocycles. The van der Waals surface area contributed by atoms with Crippen LogP contribution < -0.4 is 5.32 Å². The lowest BCUT2D eigenvalue weighted by Gasteiger charge is -2.70. The second kappa shape index (κ2) is 3.31. The molecule has 0 atom stereocenters. The molecule has 0 aliphatic heterocycles. The summed E-state index contributed by atoms with van der Waals surface area (Å²) in [5, 5.41) is 3.03. The highest BCUT2D eigenvalue weighted by Crippen LogP contribution is 2.65. The molecule has 3 fully saturated rings. The van der Waals surface area contributed by atoms with Gasteiger partial charge in [0.25, 0.3) is 0 Å². The zero-order valence-electron chi connectivity index (χ0n) is 11.2. The number of hydrogen-bond acceptors (Lipinski definition) is 2. The molecule has 0 aromatic carbocycles. The average Bonchev–Trinajstić information content (AvgIpc) is 2.57. The molecule has 4 nitrogen and oxygen atoms in total. The number of carbonyl (C=O) groups is 1. The zero-order chi connectivity index (χ0) is 13.0. The standard InChI is InChI=1S/C14H20N2O2/c1-12(2,3)18-11(17)15-13-8-14(9-13,10-13)16-6-4-5-7-16/h4-7H,8-10H2,1-3H3,(H,15,17). The van der Waals surface area contributed by atoms with Crippen LogP contribution in [0.25, 0.3) is 0 Å². The van der Waals surface area contributed by atoms with Crippen molar-refractivity contribution in [1.82, 2.24) is 9.88 Å². The molecule has 4 heteroatoms. The first kappa shape index (κ1) is 11.6. The van der Waals surface area contributed by atoms with E-state index in [9.17, 15) is 4.79 Å². The number of rotatable bonds is 2. The summed E-state index contributed by atoms with van der Waals surface area (Å²) in [6.45, 7) is 5.65. The topological polar surface area (TPSA) is 43.3 Å². The van der Waals surface area contributed by atoms with Crippen LogP contribution in [0.5, 0.6) is 0 Å². The summed E-state index contributed by atoms with van der Waals surface area (Å²) in [7, 11) is 0. The fourth-order valence-corrected chi connectivity index (χ4v) is 3.31. The lowest BCUT2D eigenvalue weighted by Crippen LogP contribution is -2.78. The Morgan fingerprint density at radius 3 is 2.28 bits per heavy atom. The van der Waals surface area contributed by atoms with Crippen molar-refractivity contribution < 1.29 is 9.53 Å². The van der Waals surface area contributed by atoms with Gasteiger partial charge in [-0.3, -0.25) is 0 Å². The number of nitrogens with zero attached hydrogens (tertiary/aromatic N) is 1. The van der Waals surface area contributed by atoms with Crippen molar-refractivity contribution in [2.24, 2.45) is 0 Å². The predicted octanol–water partition coefficient (Wildman–Crippen LogP) is 2.64. The van der Waals surface area contributed by atoms with E-state index in [4.69, 9.17) is 4.74 Å². The third kappa shape index (κ3) is 1.71. The highest BCUT2D eigenvalue weighted by Gasteiger charge is 2.69. The van der Waals surface area contributed by atoms with Crippen LogP contribution in [-0.4, -0.2) is 21.8 Å². The first-order chi connectivity index (χ1) is 8.33. The Labute approximate surface area is 107 Å². The number of carbonyl (C=O) groups excluding carboxylic acids is 1. The molecule has 0 radical (unpaired) electrons. The largest absolute Gasteiger partial charge is 0.444 e. The van der Waals surface area contributed by atoms with Gasteiger partial charge in [0.1, 0.15) is 5.60 Å². The predicted molar refractivity (Wildman–Crippen MR) is 68.4 cm³/mol. The Hall–Kier alpha value is -1.45. The second-order valence-electron chi connectivity index (χ2n) is 6.75. The van der Waals surface area contributed by atoms with Crippen LogP contribution in [0.3, 0.4) is 0 Å². The van der Waals surface area contributed by atoms with E-state index in [1.54, 1.807) is 0 Å². The minimum Gasteiger partial charge on any atom is -0.444 e. The molecule has 1 N–H and O–H groups in total. The van der Waals surface area contributed by atoms with Crippen LogP contribution in [0.1, 0.15) is 40.0 Å². The van der Waals surface area contributed by atoms with Gasteiger partial charge < -0.3 is 14.6 Å². The molecule has 2 bridgehead atoms. The fourth-order valence-electron chi connectivity index (χ4n) is 3.31. The quantitative estimate of drug-likeness (QED) is 0.874. The van der Waals surface area contributed by atoms with Crippen molar-refractivity contribution in [3.8, 4) is 0 Å². The van der Waals surface area contributed by atoms with Gasteiger partial charge in [0.15, 0.2) is 0 Å². The van der Waals surface area contributed by atoms with Gasteiger partial charge in [0, 0.05) is 12.4 Å². The van der Waals surface area contributed by atoms with E-state index in [0.29, 0.717) is 0 Å². The molecule has 0 spiro atoms. The Balaban J connectivity index is 1.56. The lowest BCUT2D eigenvalue weighted by atomic mass is 9.44. The number of aromatic nitrogens is 1. The molecule has 4 rings (SSSR count). The summed E-state index contributed by atoms with van der Waals surface area (Å²) in [6.07, 6.45) is 6.99. The van der Waals surface area contributed by atoms with Gasteiger partial charge in [-0.25, -0.2) is 4.79 Å². The van der Waals surface area contributed by atoms with Gasteiger partial charge in [-0.05, 0) is 52.2 Å². The van der Waals surface area contributed by atoms with Crippen LogP contribution in [0.15, 0.2) is 24.5 Å². The monoisotopic (exact) mass is 248 g/mol. The van der Waals surface area contributed by atoms with E-state index in [1.165, 1.54) is 0 Å². The normalized spacial score (nSPS) is 33.3. The van der Waals surface area contributed by atoms with Crippen molar-refractivity contribution in [3.63, 3.8) is 0 Å². The van der Waals surface area contributed by atoms with Crippen molar-refractivity contribution in [3.05, 3.63) is 24.5 Å². The second-order valence-corrected chi connectivity index (χ2v) is 6.75. The molecule has 3 aliphatic carbocycles. The summed E-state index contributed by atoms with van der Waals surface area (Å²) < 4.78 is 7.57. The van der Waals surface area contributed by atoms with Crippen LogP contribution in [0.4, 0.5) is 4.79 Å². The highest BCUT2D eigenvalue weighted by atomic mass is 16.6. The Morgan fingerprint density at radius 1 is 1.22 bits per heavy atom. The van der Waals surface area contributed by atoms with E-state index >= 15 is 0 Å². The first-order valence-electron chi connectivity index (χ1n) is 6.47. The third-order valence-electron chi connectivity index (χ3n) is 3.92. The van der Waals surface area contributed by atoms with Crippen molar-refractivity contribution in [2.45, 2.75) is 56.7 Å². The summed E-state index contributed by atoms with van der Waals surface area (Å²) in [4.78, 5) is 11.7. The number of nitrogens with one attached hydrogen (secondary N) is 1. The number of amides is 1. The third-order valence-corrected chi connectivity index (χ3v) is 3.92. The smallest absolute Gasteiger partial charge is 0.408 e. The molecule has 0 unspecified atom stereocenters. The zero-order valence-corrected chi connectivity index (χ0v) is 11.2. The van der Waals surface area contributed by atoms with E-state index in [1.807, 2.05) is 32.9 Å². The average molecular weight is 248 g/mol. The summed E-state index contributed by atoms with van der Waals surface area (Å²) in [6, 6.07) is 4.10. The molecule has 3 aliphatic rings. The molecular weight excluding hydrogens is 228 g/mol. The van der Waals surface area contributed by atoms with Crippen molar-refractivity contribution in [2.75, 3.05) is 0 Å². The molecule has 1 amide bonds. The molecule has 1 aromatic rings. The van der Waals surface area contributed by atoms with Crippen LogP contribution in [0, 0.1) is 0 Å². The van der Waals surface area contributed by atoms with Gasteiger partial charge in [-0.15, -0.1) is 0 Å². The minimum absolute atomic E-state index is 0.00734. The number of hydrogen-bond donors (Lipinski definition) is 1. The van der Waals surface area contributed by atoms with E-state index < -0.39 is 5.60 Å². The van der Waals surface area contributed by atoms with Crippen LogP contribution in [0.2, 0.25) is 0 Å². The summed E-state index contributed by atoms with van der Waals surface area (Å²) in [5.74, 6) is 0. The maximum atomic E-state index is 11.7. The number of alkyl carbamates (subject to hydrolysis) is 1. The molecule has 18 heavy (non-hydrogen) atoms.